The van der Waals surface area contributed by atoms with E-state index in [1.807, 2.05) is 0 Å². The minimum absolute atomic E-state index is 0.270. The average molecular weight is 326 g/mol. The van der Waals surface area contributed by atoms with Crippen LogP contribution >= 0.6 is 0 Å². The number of hydrogen-bond donors (Lipinski definition) is 1. The van der Waals surface area contributed by atoms with Gasteiger partial charge in [0.2, 0.25) is 0 Å². The maximum Gasteiger partial charge on any atom is 0.309 e. The summed E-state index contributed by atoms with van der Waals surface area (Å²) in [7, 11) is 0. The zero-order chi connectivity index (χ0) is 16.7. The molecule has 0 unspecified atom stereocenters. The van der Waals surface area contributed by atoms with E-state index < -0.39 is 11.4 Å². The maximum atomic E-state index is 12.1. The highest BCUT2D eigenvalue weighted by Gasteiger charge is 2.48. The van der Waals surface area contributed by atoms with Crippen molar-refractivity contribution >= 4 is 5.97 Å². The Hall–Kier alpha value is -0.610. The number of carboxylic acid groups (broad SMARTS) is 1. The zero-order valence-electron chi connectivity index (χ0n) is 14.9. The topological polar surface area (TPSA) is 55.8 Å². The molecule has 0 spiro atoms. The molecule has 0 saturated heterocycles. The van der Waals surface area contributed by atoms with Gasteiger partial charge in [-0.15, -0.1) is 0 Å². The van der Waals surface area contributed by atoms with Crippen LogP contribution in [-0.2, 0) is 14.3 Å². The molecule has 1 N–H and O–H groups in total. The highest BCUT2D eigenvalue weighted by atomic mass is 16.5. The van der Waals surface area contributed by atoms with Crippen molar-refractivity contribution in [1.29, 1.82) is 0 Å². The zero-order valence-corrected chi connectivity index (χ0v) is 14.9. The lowest BCUT2D eigenvalue weighted by Gasteiger charge is -2.44. The molecule has 0 heterocycles. The van der Waals surface area contributed by atoms with E-state index in [1.165, 1.54) is 0 Å². The van der Waals surface area contributed by atoms with Gasteiger partial charge in [-0.3, -0.25) is 4.79 Å². The van der Waals surface area contributed by atoms with Crippen LogP contribution in [0.1, 0.15) is 78.1 Å². The number of aliphatic carboxylic acids is 1. The third kappa shape index (κ3) is 4.69. The molecular formula is C19H34O4. The van der Waals surface area contributed by atoms with E-state index in [0.717, 1.165) is 77.4 Å². The second-order valence-corrected chi connectivity index (χ2v) is 7.38. The molecule has 4 heteroatoms. The molecule has 0 aliphatic heterocycles. The first-order valence-corrected chi connectivity index (χ1v) is 9.59. The van der Waals surface area contributed by atoms with Crippen molar-refractivity contribution < 1.29 is 19.4 Å². The maximum absolute atomic E-state index is 12.1. The van der Waals surface area contributed by atoms with Crippen molar-refractivity contribution in [2.24, 2.45) is 11.3 Å². The lowest BCUT2D eigenvalue weighted by Crippen LogP contribution is -2.45. The van der Waals surface area contributed by atoms with Gasteiger partial charge >= 0.3 is 5.97 Å². The van der Waals surface area contributed by atoms with Gasteiger partial charge in [0.05, 0.1) is 17.6 Å². The molecular weight excluding hydrogens is 292 g/mol. The van der Waals surface area contributed by atoms with E-state index in [4.69, 9.17) is 9.47 Å². The van der Waals surface area contributed by atoms with Gasteiger partial charge in [-0.1, -0.05) is 13.8 Å². The molecule has 0 aromatic rings. The summed E-state index contributed by atoms with van der Waals surface area (Å²) in [5, 5.41) is 9.94. The van der Waals surface area contributed by atoms with Crippen LogP contribution in [0.5, 0.6) is 0 Å². The van der Waals surface area contributed by atoms with Crippen molar-refractivity contribution in [3.05, 3.63) is 0 Å². The van der Waals surface area contributed by atoms with Gasteiger partial charge in [0.15, 0.2) is 0 Å². The van der Waals surface area contributed by atoms with Crippen molar-refractivity contribution in [3.8, 4) is 0 Å². The SMILES string of the molecule is CCCOC1CCC(C2(C(=O)O)CCC(OCCC)CC2)CC1. The third-order valence-corrected chi connectivity index (χ3v) is 5.82. The monoisotopic (exact) mass is 326 g/mol. The molecule has 2 fully saturated rings. The van der Waals surface area contributed by atoms with Crippen LogP contribution in [0.15, 0.2) is 0 Å². The summed E-state index contributed by atoms with van der Waals surface area (Å²) in [6.07, 6.45) is 10.1. The Bertz CT molecular complexity index is 352. The van der Waals surface area contributed by atoms with Crippen molar-refractivity contribution in [2.45, 2.75) is 90.3 Å². The van der Waals surface area contributed by atoms with Crippen molar-refractivity contribution in [3.63, 3.8) is 0 Å². The fourth-order valence-corrected chi connectivity index (χ4v) is 4.42. The summed E-state index contributed by atoms with van der Waals surface area (Å²) in [4.78, 5) is 12.1. The fourth-order valence-electron chi connectivity index (χ4n) is 4.42. The fraction of sp³-hybridized carbons (Fsp3) is 0.947. The molecule has 0 atom stereocenters. The number of carbonyl (C=O) groups is 1. The van der Waals surface area contributed by atoms with E-state index in [1.54, 1.807) is 0 Å². The van der Waals surface area contributed by atoms with Crippen LogP contribution in [0.2, 0.25) is 0 Å². The molecule has 2 rings (SSSR count). The standard InChI is InChI=1S/C19H34O4/c1-3-13-22-16-7-5-15(6-8-16)19(18(20)21)11-9-17(10-12-19)23-14-4-2/h15-17H,3-14H2,1-2H3,(H,20,21). The van der Waals surface area contributed by atoms with Crippen LogP contribution in [0.25, 0.3) is 0 Å². The van der Waals surface area contributed by atoms with E-state index >= 15 is 0 Å². The molecule has 0 bridgehead atoms. The largest absolute Gasteiger partial charge is 0.481 e. The first-order valence-electron chi connectivity index (χ1n) is 9.59. The van der Waals surface area contributed by atoms with E-state index in [2.05, 4.69) is 13.8 Å². The summed E-state index contributed by atoms with van der Waals surface area (Å²) in [5.41, 5.74) is -0.512. The summed E-state index contributed by atoms with van der Waals surface area (Å²) in [6.45, 7) is 5.87. The van der Waals surface area contributed by atoms with E-state index in [9.17, 15) is 9.90 Å². The molecule has 2 aliphatic carbocycles. The highest BCUT2D eigenvalue weighted by Crippen LogP contribution is 2.49. The van der Waals surface area contributed by atoms with Crippen molar-refractivity contribution in [2.75, 3.05) is 13.2 Å². The molecule has 2 aliphatic rings. The molecule has 0 amide bonds. The normalized spacial score (nSPS) is 35.1. The quantitative estimate of drug-likeness (QED) is 0.718. The highest BCUT2D eigenvalue weighted by molar-refractivity contribution is 5.75. The molecule has 134 valence electrons. The smallest absolute Gasteiger partial charge is 0.309 e. The Labute approximate surface area is 140 Å². The Morgan fingerprint density at radius 3 is 1.83 bits per heavy atom. The first-order chi connectivity index (χ1) is 11.1. The molecule has 23 heavy (non-hydrogen) atoms. The Morgan fingerprint density at radius 2 is 1.39 bits per heavy atom. The van der Waals surface area contributed by atoms with E-state index in [0.29, 0.717) is 12.0 Å². The minimum atomic E-state index is -0.579. The summed E-state index contributed by atoms with van der Waals surface area (Å²) < 4.78 is 11.7. The third-order valence-electron chi connectivity index (χ3n) is 5.82. The van der Waals surface area contributed by atoms with Crippen LogP contribution in [0.3, 0.4) is 0 Å². The van der Waals surface area contributed by atoms with Crippen molar-refractivity contribution in [1.82, 2.24) is 0 Å². The Morgan fingerprint density at radius 1 is 0.913 bits per heavy atom. The van der Waals surface area contributed by atoms with Crippen LogP contribution in [0.4, 0.5) is 0 Å². The number of hydrogen-bond acceptors (Lipinski definition) is 3. The summed E-state index contributed by atoms with van der Waals surface area (Å²) >= 11 is 0. The molecule has 0 aromatic carbocycles. The summed E-state index contributed by atoms with van der Waals surface area (Å²) in [6, 6.07) is 0. The first kappa shape index (κ1) is 18.7. The number of rotatable bonds is 8. The predicted octanol–water partition coefficient (Wildman–Crippen LogP) is 4.41. The Kier molecular flexibility index (Phi) is 7.35. The lowest BCUT2D eigenvalue weighted by molar-refractivity contribution is -0.160. The van der Waals surface area contributed by atoms with Gasteiger partial charge in [0, 0.05) is 13.2 Å². The average Bonchev–Trinajstić information content (AvgIpc) is 2.59. The van der Waals surface area contributed by atoms with Gasteiger partial charge in [0.1, 0.15) is 0 Å². The molecule has 4 nitrogen and oxygen atoms in total. The van der Waals surface area contributed by atoms with Gasteiger partial charge < -0.3 is 14.6 Å². The molecule has 0 aromatic heterocycles. The predicted molar refractivity (Wildman–Crippen MR) is 90.6 cm³/mol. The lowest BCUT2D eigenvalue weighted by atomic mass is 9.61. The molecule has 2 saturated carbocycles. The Balaban J connectivity index is 1.89. The van der Waals surface area contributed by atoms with Gasteiger partial charge in [-0.2, -0.15) is 0 Å². The van der Waals surface area contributed by atoms with Gasteiger partial charge in [-0.05, 0) is 70.1 Å². The number of ether oxygens (including phenoxy) is 2. The van der Waals surface area contributed by atoms with E-state index in [-0.39, 0.29) is 6.10 Å². The van der Waals surface area contributed by atoms with Gasteiger partial charge in [-0.25, -0.2) is 0 Å². The number of carboxylic acids is 1. The van der Waals surface area contributed by atoms with Crippen LogP contribution in [-0.4, -0.2) is 36.5 Å². The van der Waals surface area contributed by atoms with Crippen LogP contribution < -0.4 is 0 Å². The minimum Gasteiger partial charge on any atom is -0.481 e. The second-order valence-electron chi connectivity index (χ2n) is 7.38. The second kappa shape index (κ2) is 9.03. The van der Waals surface area contributed by atoms with Gasteiger partial charge in [0.25, 0.3) is 0 Å². The summed E-state index contributed by atoms with van der Waals surface area (Å²) in [5.74, 6) is -0.266. The molecule has 0 radical (unpaired) electrons. The van der Waals surface area contributed by atoms with Crippen LogP contribution in [0, 0.1) is 11.3 Å².